The Morgan fingerprint density at radius 1 is 1.33 bits per heavy atom. The van der Waals surface area contributed by atoms with Crippen molar-refractivity contribution < 1.29 is 9.72 Å². The molecule has 0 aromatic heterocycles. The SMILES string of the molecule is CCN(CC)C(=O)CN(C)Cc1ccc(Br)c([N+](=O)[O-])c1. The minimum absolute atomic E-state index is 0.0379. The standard InChI is InChI=1S/C14H20BrN3O3/c1-4-17(5-2)14(19)10-16(3)9-11-6-7-12(15)13(8-11)18(20)21/h6-8H,4-5,9-10H2,1-3H3. The van der Waals surface area contributed by atoms with Crippen molar-refractivity contribution in [2.45, 2.75) is 20.4 Å². The maximum absolute atomic E-state index is 12.0. The van der Waals surface area contributed by atoms with Crippen molar-refractivity contribution in [3.05, 3.63) is 38.3 Å². The van der Waals surface area contributed by atoms with E-state index in [1.54, 1.807) is 11.0 Å². The van der Waals surface area contributed by atoms with Gasteiger partial charge < -0.3 is 4.90 Å². The smallest absolute Gasteiger partial charge is 0.283 e. The molecule has 1 aromatic rings. The lowest BCUT2D eigenvalue weighted by molar-refractivity contribution is -0.385. The molecule has 0 unspecified atom stereocenters. The summed E-state index contributed by atoms with van der Waals surface area (Å²) in [4.78, 5) is 26.1. The number of carbonyl (C=O) groups is 1. The molecule has 0 radical (unpaired) electrons. The van der Waals surface area contributed by atoms with E-state index in [9.17, 15) is 14.9 Å². The van der Waals surface area contributed by atoms with Crippen LogP contribution in [0.5, 0.6) is 0 Å². The van der Waals surface area contributed by atoms with Gasteiger partial charge in [0.05, 0.1) is 15.9 Å². The van der Waals surface area contributed by atoms with Crippen molar-refractivity contribution in [1.29, 1.82) is 0 Å². The van der Waals surface area contributed by atoms with E-state index in [0.29, 0.717) is 30.7 Å². The highest BCUT2D eigenvalue weighted by Gasteiger charge is 2.15. The summed E-state index contributed by atoms with van der Waals surface area (Å²) in [6, 6.07) is 5.01. The number of benzene rings is 1. The molecule has 116 valence electrons. The van der Waals surface area contributed by atoms with Crippen molar-refractivity contribution in [2.24, 2.45) is 0 Å². The normalized spacial score (nSPS) is 10.7. The summed E-state index contributed by atoms with van der Waals surface area (Å²) < 4.78 is 0.457. The van der Waals surface area contributed by atoms with Crippen LogP contribution in [0.3, 0.4) is 0 Å². The van der Waals surface area contributed by atoms with Crippen LogP contribution in [0.4, 0.5) is 5.69 Å². The summed E-state index contributed by atoms with van der Waals surface area (Å²) in [6.07, 6.45) is 0. The highest BCUT2D eigenvalue weighted by Crippen LogP contribution is 2.26. The van der Waals surface area contributed by atoms with Gasteiger partial charge in [0.25, 0.3) is 5.69 Å². The van der Waals surface area contributed by atoms with Crippen LogP contribution < -0.4 is 0 Å². The molecule has 1 amide bonds. The number of carbonyl (C=O) groups excluding carboxylic acids is 1. The Kier molecular flexibility index (Phi) is 6.77. The molecule has 0 heterocycles. The summed E-state index contributed by atoms with van der Waals surface area (Å²) in [5, 5.41) is 10.9. The molecule has 0 aliphatic carbocycles. The lowest BCUT2D eigenvalue weighted by Crippen LogP contribution is -2.38. The zero-order chi connectivity index (χ0) is 16.0. The Bertz CT molecular complexity index is 518. The number of hydrogen-bond acceptors (Lipinski definition) is 4. The Labute approximate surface area is 133 Å². The van der Waals surface area contributed by atoms with Crippen molar-refractivity contribution in [3.8, 4) is 0 Å². The van der Waals surface area contributed by atoms with Crippen molar-refractivity contribution in [1.82, 2.24) is 9.80 Å². The average molecular weight is 358 g/mol. The summed E-state index contributed by atoms with van der Waals surface area (Å²) in [7, 11) is 1.83. The van der Waals surface area contributed by atoms with E-state index < -0.39 is 4.92 Å². The maximum atomic E-state index is 12.0. The summed E-state index contributed by atoms with van der Waals surface area (Å²) in [6.45, 7) is 6.05. The minimum atomic E-state index is -0.422. The fraction of sp³-hybridized carbons (Fsp3) is 0.500. The van der Waals surface area contributed by atoms with Gasteiger partial charge in [0, 0.05) is 25.7 Å². The van der Waals surface area contributed by atoms with Crippen LogP contribution in [-0.4, -0.2) is 47.3 Å². The third-order valence-electron chi connectivity index (χ3n) is 3.18. The van der Waals surface area contributed by atoms with Crippen LogP contribution in [0.15, 0.2) is 22.7 Å². The van der Waals surface area contributed by atoms with Crippen LogP contribution in [0.1, 0.15) is 19.4 Å². The molecule has 0 atom stereocenters. The second-order valence-corrected chi connectivity index (χ2v) is 5.64. The maximum Gasteiger partial charge on any atom is 0.283 e. The summed E-state index contributed by atoms with van der Waals surface area (Å²) in [5.74, 6) is 0.0640. The lowest BCUT2D eigenvalue weighted by Gasteiger charge is -2.23. The van der Waals surface area contributed by atoms with Gasteiger partial charge in [0.2, 0.25) is 5.91 Å². The number of nitro groups is 1. The number of nitrogens with zero attached hydrogens (tertiary/aromatic N) is 3. The van der Waals surface area contributed by atoms with Crippen LogP contribution in [0.2, 0.25) is 0 Å². The molecular formula is C14H20BrN3O3. The molecule has 0 aliphatic heterocycles. The monoisotopic (exact) mass is 357 g/mol. The van der Waals surface area contributed by atoms with Crippen molar-refractivity contribution >= 4 is 27.5 Å². The van der Waals surface area contributed by atoms with Gasteiger partial charge >= 0.3 is 0 Å². The van der Waals surface area contributed by atoms with Crippen molar-refractivity contribution in [2.75, 3.05) is 26.7 Å². The third-order valence-corrected chi connectivity index (χ3v) is 3.85. The molecule has 1 aromatic carbocycles. The zero-order valence-corrected chi connectivity index (χ0v) is 14.1. The summed E-state index contributed by atoms with van der Waals surface area (Å²) >= 11 is 3.16. The van der Waals surface area contributed by atoms with E-state index in [1.807, 2.05) is 31.9 Å². The predicted octanol–water partition coefficient (Wildman–Crippen LogP) is 2.66. The molecule has 0 aliphatic rings. The molecule has 0 bridgehead atoms. The summed E-state index contributed by atoms with van der Waals surface area (Å²) in [5.41, 5.74) is 0.843. The van der Waals surface area contributed by atoms with Gasteiger partial charge in [-0.15, -0.1) is 0 Å². The van der Waals surface area contributed by atoms with E-state index in [-0.39, 0.29) is 11.6 Å². The van der Waals surface area contributed by atoms with E-state index in [4.69, 9.17) is 0 Å². The van der Waals surface area contributed by atoms with Gasteiger partial charge in [-0.05, 0) is 48.5 Å². The number of halogens is 1. The molecule has 0 N–H and O–H groups in total. The zero-order valence-electron chi connectivity index (χ0n) is 12.5. The third kappa shape index (κ3) is 5.09. The largest absolute Gasteiger partial charge is 0.342 e. The molecule has 0 spiro atoms. The highest BCUT2D eigenvalue weighted by molar-refractivity contribution is 9.10. The Morgan fingerprint density at radius 3 is 2.48 bits per heavy atom. The Balaban J connectivity index is 2.71. The van der Waals surface area contributed by atoms with Gasteiger partial charge in [-0.25, -0.2) is 0 Å². The van der Waals surface area contributed by atoms with Crippen LogP contribution in [0.25, 0.3) is 0 Å². The first-order valence-corrected chi connectivity index (χ1v) is 7.57. The number of likely N-dealkylation sites (N-methyl/N-ethyl adjacent to an activating group) is 2. The van der Waals surface area contributed by atoms with Crippen LogP contribution in [-0.2, 0) is 11.3 Å². The van der Waals surface area contributed by atoms with Gasteiger partial charge in [0.15, 0.2) is 0 Å². The number of rotatable bonds is 7. The molecule has 0 fully saturated rings. The lowest BCUT2D eigenvalue weighted by atomic mass is 10.2. The predicted molar refractivity (Wildman–Crippen MR) is 85.1 cm³/mol. The van der Waals surface area contributed by atoms with Gasteiger partial charge in [-0.3, -0.25) is 19.8 Å². The highest BCUT2D eigenvalue weighted by atomic mass is 79.9. The fourth-order valence-corrected chi connectivity index (χ4v) is 2.46. The quantitative estimate of drug-likeness (QED) is 0.555. The molecule has 21 heavy (non-hydrogen) atoms. The van der Waals surface area contributed by atoms with Gasteiger partial charge in [0.1, 0.15) is 0 Å². The van der Waals surface area contributed by atoms with E-state index >= 15 is 0 Å². The van der Waals surface area contributed by atoms with Gasteiger partial charge in [-0.1, -0.05) is 6.07 Å². The second-order valence-electron chi connectivity index (χ2n) is 4.78. The van der Waals surface area contributed by atoms with E-state index in [2.05, 4.69) is 15.9 Å². The average Bonchev–Trinajstić information content (AvgIpc) is 2.41. The topological polar surface area (TPSA) is 66.7 Å². The molecule has 0 saturated carbocycles. The second kappa shape index (κ2) is 8.09. The number of hydrogen-bond donors (Lipinski definition) is 0. The minimum Gasteiger partial charge on any atom is -0.342 e. The van der Waals surface area contributed by atoms with E-state index in [0.717, 1.165) is 5.56 Å². The first-order valence-electron chi connectivity index (χ1n) is 6.78. The van der Waals surface area contributed by atoms with Crippen LogP contribution >= 0.6 is 15.9 Å². The first-order chi connectivity index (χ1) is 9.88. The Morgan fingerprint density at radius 2 is 1.95 bits per heavy atom. The fourth-order valence-electron chi connectivity index (χ4n) is 2.07. The van der Waals surface area contributed by atoms with E-state index in [1.165, 1.54) is 6.07 Å². The number of nitro benzene ring substituents is 1. The van der Waals surface area contributed by atoms with Gasteiger partial charge in [-0.2, -0.15) is 0 Å². The molecule has 6 nitrogen and oxygen atoms in total. The van der Waals surface area contributed by atoms with Crippen molar-refractivity contribution in [3.63, 3.8) is 0 Å². The molecular weight excluding hydrogens is 338 g/mol. The molecule has 7 heteroatoms. The number of amides is 1. The Hall–Kier alpha value is -1.47. The molecule has 0 saturated heterocycles. The molecule has 1 rings (SSSR count). The first kappa shape index (κ1) is 17.6. The van der Waals surface area contributed by atoms with Crippen LogP contribution in [0, 0.1) is 10.1 Å².